The third-order valence-electron chi connectivity index (χ3n) is 5.53. The van der Waals surface area contributed by atoms with Crippen LogP contribution in [0.3, 0.4) is 0 Å². The van der Waals surface area contributed by atoms with E-state index in [1.807, 2.05) is 19.9 Å². The van der Waals surface area contributed by atoms with Crippen LogP contribution in [0.2, 0.25) is 0 Å². The summed E-state index contributed by atoms with van der Waals surface area (Å²) in [6.07, 6.45) is 1.43. The molecule has 0 fully saturated rings. The number of carbonyl (C=O) groups excluding carboxylic acids is 3. The Morgan fingerprint density at radius 3 is 2.49 bits per heavy atom. The highest BCUT2D eigenvalue weighted by atomic mass is 19.1. The fourth-order valence-corrected chi connectivity index (χ4v) is 3.60. The Bertz CT molecular complexity index is 1310. The molecule has 10 nitrogen and oxygen atoms in total. The van der Waals surface area contributed by atoms with E-state index in [2.05, 4.69) is 20.9 Å². The van der Waals surface area contributed by atoms with Crippen molar-refractivity contribution in [2.24, 2.45) is 11.7 Å². The zero-order chi connectivity index (χ0) is 25.5. The van der Waals surface area contributed by atoms with Gasteiger partial charge < -0.3 is 20.9 Å². The zero-order valence-corrected chi connectivity index (χ0v) is 19.4. The number of hydrogen-bond acceptors (Lipinski definition) is 5. The second-order valence-electron chi connectivity index (χ2n) is 7.90. The SMILES string of the molecule is CCC(CC)C(=O)Nc1ccc2c(c1)nc(NC(=O)Nc1ccc(C#N)cc1F)n2CCC(N)=O. The second kappa shape index (κ2) is 11.1. The van der Waals surface area contributed by atoms with E-state index in [1.54, 1.807) is 22.8 Å². The number of anilines is 3. The molecule has 11 heteroatoms. The monoisotopic (exact) mass is 479 g/mol. The minimum absolute atomic E-state index is 0.000817. The Morgan fingerprint density at radius 2 is 1.86 bits per heavy atom. The van der Waals surface area contributed by atoms with Gasteiger partial charge in [-0.2, -0.15) is 5.26 Å². The van der Waals surface area contributed by atoms with Crippen LogP contribution in [0, 0.1) is 23.1 Å². The van der Waals surface area contributed by atoms with Gasteiger partial charge in [-0.3, -0.25) is 14.9 Å². The lowest BCUT2D eigenvalue weighted by Gasteiger charge is -2.13. The van der Waals surface area contributed by atoms with Gasteiger partial charge in [-0.1, -0.05) is 13.8 Å². The number of amides is 4. The molecule has 182 valence electrons. The lowest BCUT2D eigenvalue weighted by atomic mass is 10.0. The maximum atomic E-state index is 14.1. The van der Waals surface area contributed by atoms with Crippen LogP contribution in [0.5, 0.6) is 0 Å². The molecule has 35 heavy (non-hydrogen) atoms. The number of imidazole rings is 1. The van der Waals surface area contributed by atoms with Crippen molar-refractivity contribution in [1.82, 2.24) is 9.55 Å². The standard InChI is InChI=1S/C24H26FN7O3/c1-3-15(4-2)22(34)28-16-6-8-20-19(12-16)29-23(32(20)10-9-21(27)33)31-24(35)30-18-7-5-14(13-26)11-17(18)25/h5-8,11-12,15H,3-4,9-10H2,1-2H3,(H2,27,33)(H,28,34)(H2,29,30,31,35). The second-order valence-corrected chi connectivity index (χ2v) is 7.90. The van der Waals surface area contributed by atoms with Gasteiger partial charge in [-0.25, -0.2) is 14.2 Å². The first-order valence-corrected chi connectivity index (χ1v) is 11.1. The minimum Gasteiger partial charge on any atom is -0.370 e. The van der Waals surface area contributed by atoms with Gasteiger partial charge in [0.1, 0.15) is 5.82 Å². The number of fused-ring (bicyclic) bond motifs is 1. The smallest absolute Gasteiger partial charge is 0.326 e. The van der Waals surface area contributed by atoms with E-state index in [9.17, 15) is 18.8 Å². The number of nitriles is 1. The molecule has 0 aliphatic rings. The highest BCUT2D eigenvalue weighted by Gasteiger charge is 2.18. The average molecular weight is 480 g/mol. The van der Waals surface area contributed by atoms with Crippen molar-refractivity contribution in [3.63, 3.8) is 0 Å². The lowest BCUT2D eigenvalue weighted by Crippen LogP contribution is -2.23. The lowest BCUT2D eigenvalue weighted by molar-refractivity contribution is -0.120. The molecule has 0 radical (unpaired) electrons. The first-order valence-electron chi connectivity index (χ1n) is 11.1. The van der Waals surface area contributed by atoms with Gasteiger partial charge in [0.05, 0.1) is 28.4 Å². The Labute approximate surface area is 201 Å². The number of halogens is 1. The summed E-state index contributed by atoms with van der Waals surface area (Å²) in [6, 6.07) is 9.80. The summed E-state index contributed by atoms with van der Waals surface area (Å²) in [6.45, 7) is 4.04. The van der Waals surface area contributed by atoms with E-state index in [0.29, 0.717) is 16.7 Å². The minimum atomic E-state index is -0.772. The van der Waals surface area contributed by atoms with Gasteiger partial charge in [0, 0.05) is 24.6 Å². The van der Waals surface area contributed by atoms with E-state index in [0.717, 1.165) is 18.9 Å². The normalized spacial score (nSPS) is 10.7. The molecule has 1 heterocycles. The van der Waals surface area contributed by atoms with Crippen molar-refractivity contribution in [3.8, 4) is 6.07 Å². The van der Waals surface area contributed by atoms with Crippen LogP contribution in [-0.2, 0) is 16.1 Å². The molecular weight excluding hydrogens is 453 g/mol. The Morgan fingerprint density at radius 1 is 1.11 bits per heavy atom. The molecule has 0 aliphatic carbocycles. The summed E-state index contributed by atoms with van der Waals surface area (Å²) in [4.78, 5) is 40.8. The number of nitrogens with one attached hydrogen (secondary N) is 3. The molecule has 1 aromatic heterocycles. The van der Waals surface area contributed by atoms with Crippen LogP contribution < -0.4 is 21.7 Å². The highest BCUT2D eigenvalue weighted by molar-refractivity contribution is 6.00. The molecule has 0 atom stereocenters. The molecule has 3 aromatic rings. The van der Waals surface area contributed by atoms with E-state index >= 15 is 0 Å². The van der Waals surface area contributed by atoms with Crippen molar-refractivity contribution in [1.29, 1.82) is 5.26 Å². The fourth-order valence-electron chi connectivity index (χ4n) is 3.60. The first-order chi connectivity index (χ1) is 16.7. The number of carbonyl (C=O) groups is 3. The van der Waals surface area contributed by atoms with Gasteiger partial charge in [-0.15, -0.1) is 0 Å². The van der Waals surface area contributed by atoms with E-state index < -0.39 is 17.8 Å². The van der Waals surface area contributed by atoms with Gasteiger partial charge in [0.25, 0.3) is 0 Å². The number of nitrogens with zero attached hydrogens (tertiary/aromatic N) is 3. The molecule has 0 bridgehead atoms. The third-order valence-corrected chi connectivity index (χ3v) is 5.53. The number of aryl methyl sites for hydroxylation is 1. The number of rotatable bonds is 9. The van der Waals surface area contributed by atoms with Crippen molar-refractivity contribution in [2.45, 2.75) is 39.7 Å². The van der Waals surface area contributed by atoms with Crippen LogP contribution in [0.1, 0.15) is 38.7 Å². The molecule has 0 spiro atoms. The van der Waals surface area contributed by atoms with Gasteiger partial charge >= 0.3 is 6.03 Å². The Kier molecular flexibility index (Phi) is 7.99. The molecule has 3 rings (SSSR count). The van der Waals surface area contributed by atoms with Gasteiger partial charge in [0.2, 0.25) is 17.8 Å². The van der Waals surface area contributed by atoms with Crippen LogP contribution in [0.15, 0.2) is 36.4 Å². The van der Waals surface area contributed by atoms with Crippen LogP contribution in [-0.4, -0.2) is 27.4 Å². The quantitative estimate of drug-likeness (QED) is 0.366. The van der Waals surface area contributed by atoms with E-state index in [1.165, 1.54) is 12.1 Å². The third kappa shape index (κ3) is 6.11. The fraction of sp³-hybridized carbons (Fsp3) is 0.292. The van der Waals surface area contributed by atoms with Crippen molar-refractivity contribution >= 4 is 46.2 Å². The summed E-state index contributed by atoms with van der Waals surface area (Å²) in [7, 11) is 0. The Balaban J connectivity index is 1.87. The van der Waals surface area contributed by atoms with Crippen molar-refractivity contribution in [2.75, 3.05) is 16.0 Å². The molecule has 4 amide bonds. The molecule has 0 saturated heterocycles. The predicted molar refractivity (Wildman–Crippen MR) is 130 cm³/mol. The first kappa shape index (κ1) is 25.2. The summed E-state index contributed by atoms with van der Waals surface area (Å²) < 4.78 is 15.7. The highest BCUT2D eigenvalue weighted by Crippen LogP contribution is 2.25. The maximum absolute atomic E-state index is 14.1. The van der Waals surface area contributed by atoms with Crippen LogP contribution >= 0.6 is 0 Å². The molecule has 2 aromatic carbocycles. The molecule has 0 aliphatic heterocycles. The summed E-state index contributed by atoms with van der Waals surface area (Å²) >= 11 is 0. The Hall–Kier alpha value is -4.46. The maximum Gasteiger partial charge on any atom is 0.326 e. The van der Waals surface area contributed by atoms with E-state index in [4.69, 9.17) is 11.0 Å². The topological polar surface area (TPSA) is 155 Å². The largest absolute Gasteiger partial charge is 0.370 e. The molecule has 5 N–H and O–H groups in total. The number of primary amides is 1. The molecule has 0 saturated carbocycles. The number of aromatic nitrogens is 2. The summed E-state index contributed by atoms with van der Waals surface area (Å²) in [5.41, 5.74) is 6.92. The molecular formula is C24H26FN7O3. The number of hydrogen-bond donors (Lipinski definition) is 4. The average Bonchev–Trinajstić information content (AvgIpc) is 3.15. The summed E-state index contributed by atoms with van der Waals surface area (Å²) in [5, 5.41) is 16.7. The molecule has 0 unspecified atom stereocenters. The number of benzene rings is 2. The number of nitrogens with two attached hydrogens (primary N) is 1. The van der Waals surface area contributed by atoms with Gasteiger partial charge in [0.15, 0.2) is 0 Å². The van der Waals surface area contributed by atoms with Crippen LogP contribution in [0.25, 0.3) is 11.0 Å². The van der Waals surface area contributed by atoms with Gasteiger partial charge in [-0.05, 0) is 49.2 Å². The van der Waals surface area contributed by atoms with Crippen molar-refractivity contribution < 1.29 is 18.8 Å². The van der Waals surface area contributed by atoms with E-state index in [-0.39, 0.29) is 42.0 Å². The number of urea groups is 1. The van der Waals surface area contributed by atoms with Crippen LogP contribution in [0.4, 0.5) is 26.5 Å². The predicted octanol–water partition coefficient (Wildman–Crippen LogP) is 3.94. The van der Waals surface area contributed by atoms with Crippen molar-refractivity contribution in [3.05, 3.63) is 47.8 Å². The summed E-state index contributed by atoms with van der Waals surface area (Å²) in [5.74, 6) is -1.39. The zero-order valence-electron chi connectivity index (χ0n) is 19.4.